The van der Waals surface area contributed by atoms with Crippen molar-refractivity contribution in [2.24, 2.45) is 0 Å². The van der Waals surface area contributed by atoms with Crippen molar-refractivity contribution in [2.45, 2.75) is 24.1 Å². The summed E-state index contributed by atoms with van der Waals surface area (Å²) >= 11 is 3.02. The van der Waals surface area contributed by atoms with Gasteiger partial charge >= 0.3 is 0 Å². The van der Waals surface area contributed by atoms with Crippen molar-refractivity contribution in [1.82, 2.24) is 15.1 Å². The Kier molecular flexibility index (Phi) is 4.91. The van der Waals surface area contributed by atoms with Gasteiger partial charge in [-0.2, -0.15) is 0 Å². The van der Waals surface area contributed by atoms with Crippen molar-refractivity contribution in [3.63, 3.8) is 0 Å². The van der Waals surface area contributed by atoms with E-state index in [0.29, 0.717) is 11.6 Å². The molecule has 0 spiro atoms. The topological polar surface area (TPSA) is 80.9 Å². The SMILES string of the molecule is Cc1cc(NC(=O)[C@@H](C)Sc2ncnc3sc(-c4ccccc4)cc23)no1. The summed E-state index contributed by atoms with van der Waals surface area (Å²) in [7, 11) is 0. The van der Waals surface area contributed by atoms with Gasteiger partial charge in [0, 0.05) is 16.3 Å². The smallest absolute Gasteiger partial charge is 0.238 e. The lowest BCUT2D eigenvalue weighted by Crippen LogP contribution is -2.22. The van der Waals surface area contributed by atoms with Crippen molar-refractivity contribution < 1.29 is 9.32 Å². The Morgan fingerprint density at radius 3 is 2.78 bits per heavy atom. The third-order valence-electron chi connectivity index (χ3n) is 3.89. The molecule has 6 nitrogen and oxygen atoms in total. The van der Waals surface area contributed by atoms with Crippen LogP contribution < -0.4 is 5.32 Å². The quantitative estimate of drug-likeness (QED) is 0.386. The fourth-order valence-electron chi connectivity index (χ4n) is 2.55. The first kappa shape index (κ1) is 17.7. The van der Waals surface area contributed by atoms with E-state index >= 15 is 0 Å². The fraction of sp³-hybridized carbons (Fsp3) is 0.158. The number of aromatic nitrogens is 3. The Hall–Kier alpha value is -2.71. The van der Waals surface area contributed by atoms with Crippen LogP contribution in [0.15, 0.2) is 58.3 Å². The first-order valence-electron chi connectivity index (χ1n) is 8.31. The fourth-order valence-corrected chi connectivity index (χ4v) is 4.51. The minimum atomic E-state index is -0.347. The van der Waals surface area contributed by atoms with Gasteiger partial charge in [-0.3, -0.25) is 4.79 Å². The van der Waals surface area contributed by atoms with Crippen LogP contribution in [0.4, 0.5) is 5.82 Å². The summed E-state index contributed by atoms with van der Waals surface area (Å²) in [6.45, 7) is 3.62. The molecule has 8 heteroatoms. The first-order valence-corrected chi connectivity index (χ1v) is 10.0. The van der Waals surface area contributed by atoms with Crippen molar-refractivity contribution in [3.05, 3.63) is 54.6 Å². The molecule has 136 valence electrons. The predicted octanol–water partition coefficient (Wildman–Crippen LogP) is 4.77. The molecule has 1 N–H and O–H groups in total. The Bertz CT molecular complexity index is 1090. The second-order valence-electron chi connectivity index (χ2n) is 5.95. The zero-order valence-electron chi connectivity index (χ0n) is 14.7. The number of hydrogen-bond donors (Lipinski definition) is 1. The second-order valence-corrected chi connectivity index (χ2v) is 8.31. The largest absolute Gasteiger partial charge is 0.360 e. The number of nitrogens with one attached hydrogen (secondary N) is 1. The molecule has 0 radical (unpaired) electrons. The Balaban J connectivity index is 1.56. The molecular weight excluding hydrogens is 380 g/mol. The molecule has 3 heterocycles. The average Bonchev–Trinajstić information content (AvgIpc) is 3.29. The standard InChI is InChI=1S/C19H16N4O2S2/c1-11-8-16(23-25-11)22-17(24)12(2)26-18-14-9-15(13-6-4-3-5-7-13)27-19(14)21-10-20-18/h3-10,12H,1-2H3,(H,22,23,24)/t12-/m1/s1. The molecular formula is C19H16N4O2S2. The molecule has 0 fully saturated rings. The lowest BCUT2D eigenvalue weighted by atomic mass is 10.2. The van der Waals surface area contributed by atoms with Crippen molar-refractivity contribution in [3.8, 4) is 10.4 Å². The van der Waals surface area contributed by atoms with Crippen LogP contribution in [0.25, 0.3) is 20.7 Å². The summed E-state index contributed by atoms with van der Waals surface area (Å²) in [5, 5.41) is 7.95. The van der Waals surface area contributed by atoms with E-state index in [1.807, 2.05) is 25.1 Å². The molecule has 0 saturated carbocycles. The first-order chi connectivity index (χ1) is 13.1. The molecule has 0 aliphatic rings. The number of carbonyl (C=O) groups is 1. The van der Waals surface area contributed by atoms with Gasteiger partial charge in [0.1, 0.15) is 21.9 Å². The summed E-state index contributed by atoms with van der Waals surface area (Å²) in [5.74, 6) is 0.910. The molecule has 0 unspecified atom stereocenters. The van der Waals surface area contributed by atoms with E-state index in [1.54, 1.807) is 30.7 Å². The monoisotopic (exact) mass is 396 g/mol. The molecule has 1 amide bonds. The van der Waals surface area contributed by atoms with E-state index in [4.69, 9.17) is 4.52 Å². The lowest BCUT2D eigenvalue weighted by molar-refractivity contribution is -0.115. The zero-order valence-corrected chi connectivity index (χ0v) is 16.3. The van der Waals surface area contributed by atoms with Gasteiger partial charge in [0.05, 0.1) is 5.25 Å². The highest BCUT2D eigenvalue weighted by atomic mass is 32.2. The van der Waals surface area contributed by atoms with Gasteiger partial charge in [-0.25, -0.2) is 9.97 Å². The maximum Gasteiger partial charge on any atom is 0.238 e. The van der Waals surface area contributed by atoms with Crippen LogP contribution in [0.5, 0.6) is 0 Å². The minimum Gasteiger partial charge on any atom is -0.360 e. The van der Waals surface area contributed by atoms with Crippen LogP contribution in [0.2, 0.25) is 0 Å². The van der Waals surface area contributed by atoms with E-state index in [1.165, 1.54) is 11.8 Å². The molecule has 1 atom stereocenters. The van der Waals surface area contributed by atoms with Crippen molar-refractivity contribution in [2.75, 3.05) is 5.32 Å². The predicted molar refractivity (Wildman–Crippen MR) is 108 cm³/mol. The van der Waals surface area contributed by atoms with E-state index in [0.717, 1.165) is 25.7 Å². The van der Waals surface area contributed by atoms with Crippen LogP contribution >= 0.6 is 23.1 Å². The van der Waals surface area contributed by atoms with Crippen LogP contribution in [-0.4, -0.2) is 26.3 Å². The summed E-state index contributed by atoms with van der Waals surface area (Å²) in [6, 6.07) is 13.9. The van der Waals surface area contributed by atoms with Gasteiger partial charge in [0.2, 0.25) is 5.91 Å². The molecule has 0 saturated heterocycles. The summed E-state index contributed by atoms with van der Waals surface area (Å²) in [5.41, 5.74) is 1.14. The Morgan fingerprint density at radius 2 is 2.04 bits per heavy atom. The third-order valence-corrected chi connectivity index (χ3v) is 6.10. The highest BCUT2D eigenvalue weighted by Crippen LogP contribution is 2.37. The average molecular weight is 396 g/mol. The number of aryl methyl sites for hydroxylation is 1. The minimum absolute atomic E-state index is 0.154. The maximum atomic E-state index is 12.4. The van der Waals surface area contributed by atoms with Crippen LogP contribution in [0.1, 0.15) is 12.7 Å². The van der Waals surface area contributed by atoms with Crippen LogP contribution in [0, 0.1) is 6.92 Å². The van der Waals surface area contributed by atoms with E-state index in [-0.39, 0.29) is 11.2 Å². The van der Waals surface area contributed by atoms with Gasteiger partial charge < -0.3 is 9.84 Å². The maximum absolute atomic E-state index is 12.4. The molecule has 0 aliphatic carbocycles. The van der Waals surface area contributed by atoms with E-state index in [2.05, 4.69) is 38.6 Å². The van der Waals surface area contributed by atoms with Crippen LogP contribution in [-0.2, 0) is 4.79 Å². The summed E-state index contributed by atoms with van der Waals surface area (Å²) < 4.78 is 4.98. The third kappa shape index (κ3) is 3.86. The highest BCUT2D eigenvalue weighted by Gasteiger charge is 2.19. The molecule has 1 aromatic carbocycles. The van der Waals surface area contributed by atoms with Gasteiger partial charge in [-0.15, -0.1) is 11.3 Å². The number of fused-ring (bicyclic) bond motifs is 1. The number of hydrogen-bond acceptors (Lipinski definition) is 7. The Labute approximate surface area is 164 Å². The number of carbonyl (C=O) groups excluding carboxylic acids is 1. The molecule has 4 rings (SSSR count). The molecule has 4 aromatic rings. The number of benzene rings is 1. The lowest BCUT2D eigenvalue weighted by Gasteiger charge is -2.10. The zero-order chi connectivity index (χ0) is 18.8. The highest BCUT2D eigenvalue weighted by molar-refractivity contribution is 8.00. The second kappa shape index (κ2) is 7.50. The summed E-state index contributed by atoms with van der Waals surface area (Å²) in [4.78, 5) is 23.2. The molecule has 3 aromatic heterocycles. The molecule has 0 bridgehead atoms. The number of amides is 1. The number of anilines is 1. The van der Waals surface area contributed by atoms with Crippen LogP contribution in [0.3, 0.4) is 0 Å². The van der Waals surface area contributed by atoms with E-state index < -0.39 is 0 Å². The number of thioether (sulfide) groups is 1. The van der Waals surface area contributed by atoms with Gasteiger partial charge in [0.15, 0.2) is 5.82 Å². The summed E-state index contributed by atoms with van der Waals surface area (Å²) in [6.07, 6.45) is 1.54. The number of thiophene rings is 1. The van der Waals surface area contributed by atoms with Gasteiger partial charge in [-0.05, 0) is 25.5 Å². The Morgan fingerprint density at radius 1 is 1.22 bits per heavy atom. The van der Waals surface area contributed by atoms with E-state index in [9.17, 15) is 4.79 Å². The molecule has 0 aliphatic heterocycles. The number of nitrogens with zero attached hydrogens (tertiary/aromatic N) is 3. The van der Waals surface area contributed by atoms with Gasteiger partial charge in [0.25, 0.3) is 0 Å². The van der Waals surface area contributed by atoms with Gasteiger partial charge in [-0.1, -0.05) is 47.3 Å². The van der Waals surface area contributed by atoms with Crippen molar-refractivity contribution in [1.29, 1.82) is 0 Å². The number of rotatable bonds is 5. The molecule has 27 heavy (non-hydrogen) atoms. The van der Waals surface area contributed by atoms with Crippen molar-refractivity contribution >= 4 is 45.0 Å². The normalized spacial score (nSPS) is 12.2.